The van der Waals surface area contributed by atoms with Crippen LogP contribution in [-0.2, 0) is 9.59 Å². The van der Waals surface area contributed by atoms with Crippen molar-refractivity contribution in [3.63, 3.8) is 0 Å². The van der Waals surface area contributed by atoms with E-state index >= 15 is 0 Å². The molecule has 1 unspecified atom stereocenters. The highest BCUT2D eigenvalue weighted by Crippen LogP contribution is 2.28. The topological polar surface area (TPSA) is 37.4 Å². The number of imide groups is 1. The molecule has 0 N–H and O–H groups in total. The van der Waals surface area contributed by atoms with Gasteiger partial charge in [-0.05, 0) is 17.8 Å². The van der Waals surface area contributed by atoms with Gasteiger partial charge in [-0.1, -0.05) is 34.6 Å². The zero-order valence-corrected chi connectivity index (χ0v) is 11.0. The highest BCUT2D eigenvalue weighted by molar-refractivity contribution is 6.03. The molecule has 16 heavy (non-hydrogen) atoms. The van der Waals surface area contributed by atoms with Gasteiger partial charge in [-0.25, -0.2) is 0 Å². The van der Waals surface area contributed by atoms with E-state index in [-0.39, 0.29) is 29.1 Å². The van der Waals surface area contributed by atoms with Crippen LogP contribution < -0.4 is 0 Å². The largest absolute Gasteiger partial charge is 0.282 e. The van der Waals surface area contributed by atoms with Gasteiger partial charge in [0.1, 0.15) is 0 Å². The minimum atomic E-state index is -0.0903. The van der Waals surface area contributed by atoms with E-state index in [1.54, 1.807) is 0 Å². The standard InChI is InChI=1S/C13H23NO2/c1-9(2)10-8-11(15)14(12(10)16)7-6-13(3,4)5/h9-10H,6-8H2,1-5H3. The van der Waals surface area contributed by atoms with Crippen molar-refractivity contribution >= 4 is 11.8 Å². The van der Waals surface area contributed by atoms with Crippen molar-refractivity contribution in [3.05, 3.63) is 0 Å². The highest BCUT2D eigenvalue weighted by Gasteiger charge is 2.39. The van der Waals surface area contributed by atoms with Gasteiger partial charge in [-0.2, -0.15) is 0 Å². The molecule has 1 heterocycles. The van der Waals surface area contributed by atoms with Crippen LogP contribution in [0.4, 0.5) is 0 Å². The van der Waals surface area contributed by atoms with Gasteiger partial charge in [-0.3, -0.25) is 14.5 Å². The van der Waals surface area contributed by atoms with Crippen LogP contribution in [0.25, 0.3) is 0 Å². The van der Waals surface area contributed by atoms with Gasteiger partial charge in [-0.15, -0.1) is 0 Å². The second-order valence-corrected chi connectivity index (χ2v) is 6.25. The average Bonchev–Trinajstić information content (AvgIpc) is 2.38. The molecule has 1 aliphatic heterocycles. The molecule has 2 amide bonds. The van der Waals surface area contributed by atoms with E-state index in [1.807, 2.05) is 13.8 Å². The third-order valence-corrected chi connectivity index (χ3v) is 3.17. The number of hydrogen-bond donors (Lipinski definition) is 0. The SMILES string of the molecule is CC(C)C1CC(=O)N(CCC(C)(C)C)C1=O. The predicted octanol–water partition coefficient (Wildman–Crippen LogP) is 2.45. The Balaban J connectivity index is 2.62. The van der Waals surface area contributed by atoms with Crippen molar-refractivity contribution in [2.45, 2.75) is 47.5 Å². The van der Waals surface area contributed by atoms with E-state index in [0.717, 1.165) is 6.42 Å². The Bertz CT molecular complexity index is 289. The molecule has 0 bridgehead atoms. The molecule has 0 radical (unpaired) electrons. The monoisotopic (exact) mass is 225 g/mol. The van der Waals surface area contributed by atoms with E-state index in [4.69, 9.17) is 0 Å². The fraction of sp³-hybridized carbons (Fsp3) is 0.846. The highest BCUT2D eigenvalue weighted by atomic mass is 16.2. The van der Waals surface area contributed by atoms with Gasteiger partial charge in [0, 0.05) is 18.9 Å². The first-order valence-corrected chi connectivity index (χ1v) is 6.06. The van der Waals surface area contributed by atoms with Gasteiger partial charge < -0.3 is 0 Å². The first-order chi connectivity index (χ1) is 7.22. The van der Waals surface area contributed by atoms with Crippen LogP contribution in [0.15, 0.2) is 0 Å². The zero-order valence-electron chi connectivity index (χ0n) is 11.0. The van der Waals surface area contributed by atoms with E-state index in [9.17, 15) is 9.59 Å². The van der Waals surface area contributed by atoms with Crippen LogP contribution in [0, 0.1) is 17.3 Å². The van der Waals surface area contributed by atoms with E-state index in [2.05, 4.69) is 20.8 Å². The van der Waals surface area contributed by atoms with Gasteiger partial charge in [0.25, 0.3) is 0 Å². The van der Waals surface area contributed by atoms with Crippen molar-refractivity contribution in [2.75, 3.05) is 6.54 Å². The summed E-state index contributed by atoms with van der Waals surface area (Å²) in [4.78, 5) is 25.2. The molecular formula is C13H23NO2. The molecule has 0 saturated carbocycles. The second kappa shape index (κ2) is 4.56. The van der Waals surface area contributed by atoms with E-state index in [0.29, 0.717) is 13.0 Å². The van der Waals surface area contributed by atoms with E-state index < -0.39 is 0 Å². The summed E-state index contributed by atoms with van der Waals surface area (Å²) in [5.74, 6) is 0.209. The summed E-state index contributed by atoms with van der Waals surface area (Å²) in [5, 5.41) is 0. The van der Waals surface area contributed by atoms with Crippen LogP contribution in [0.3, 0.4) is 0 Å². The summed E-state index contributed by atoms with van der Waals surface area (Å²) in [5.41, 5.74) is 0.163. The van der Waals surface area contributed by atoms with Crippen LogP contribution in [0.5, 0.6) is 0 Å². The molecule has 0 aromatic heterocycles. The molecule has 0 aliphatic carbocycles. The summed E-state index contributed by atoms with van der Waals surface area (Å²) >= 11 is 0. The summed E-state index contributed by atoms with van der Waals surface area (Å²) in [7, 11) is 0. The molecule has 1 atom stereocenters. The third kappa shape index (κ3) is 3.06. The molecule has 1 fully saturated rings. The number of nitrogens with zero attached hydrogens (tertiary/aromatic N) is 1. The maximum Gasteiger partial charge on any atom is 0.233 e. The maximum absolute atomic E-state index is 12.0. The lowest BCUT2D eigenvalue weighted by Gasteiger charge is -2.22. The number of carbonyl (C=O) groups is 2. The molecule has 92 valence electrons. The predicted molar refractivity (Wildman–Crippen MR) is 63.7 cm³/mol. The molecule has 0 aromatic rings. The second-order valence-electron chi connectivity index (χ2n) is 6.25. The zero-order chi connectivity index (χ0) is 12.5. The Hall–Kier alpha value is -0.860. The van der Waals surface area contributed by atoms with Crippen LogP contribution in [0.2, 0.25) is 0 Å². The number of likely N-dealkylation sites (tertiary alicyclic amines) is 1. The Morgan fingerprint density at radius 2 is 1.88 bits per heavy atom. The van der Waals surface area contributed by atoms with Gasteiger partial charge in [0.2, 0.25) is 11.8 Å². The number of rotatable bonds is 3. The van der Waals surface area contributed by atoms with Crippen molar-refractivity contribution < 1.29 is 9.59 Å². The fourth-order valence-electron chi connectivity index (χ4n) is 1.91. The lowest BCUT2D eigenvalue weighted by atomic mass is 9.92. The summed E-state index contributed by atoms with van der Waals surface area (Å²) < 4.78 is 0. The molecule has 1 saturated heterocycles. The molecule has 0 aromatic carbocycles. The lowest BCUT2D eigenvalue weighted by Crippen LogP contribution is -2.34. The van der Waals surface area contributed by atoms with Gasteiger partial charge in [0.05, 0.1) is 0 Å². The van der Waals surface area contributed by atoms with Crippen LogP contribution in [0.1, 0.15) is 47.5 Å². The summed E-state index contributed by atoms with van der Waals surface area (Å²) in [6, 6.07) is 0. The molecular weight excluding hydrogens is 202 g/mol. The van der Waals surface area contributed by atoms with Crippen molar-refractivity contribution in [1.29, 1.82) is 0 Å². The van der Waals surface area contributed by atoms with Crippen molar-refractivity contribution in [1.82, 2.24) is 4.90 Å². The summed E-state index contributed by atoms with van der Waals surface area (Å²) in [6.45, 7) is 10.9. The number of hydrogen-bond acceptors (Lipinski definition) is 2. The first-order valence-electron chi connectivity index (χ1n) is 6.06. The van der Waals surface area contributed by atoms with Crippen LogP contribution in [-0.4, -0.2) is 23.3 Å². The van der Waals surface area contributed by atoms with Gasteiger partial charge in [0.15, 0.2) is 0 Å². The minimum absolute atomic E-state index is 0.00736. The Morgan fingerprint density at radius 3 is 2.25 bits per heavy atom. The fourth-order valence-corrected chi connectivity index (χ4v) is 1.91. The quantitative estimate of drug-likeness (QED) is 0.692. The Labute approximate surface area is 98.2 Å². The molecule has 0 spiro atoms. The molecule has 3 nitrogen and oxygen atoms in total. The van der Waals surface area contributed by atoms with Crippen LogP contribution >= 0.6 is 0 Å². The van der Waals surface area contributed by atoms with Gasteiger partial charge >= 0.3 is 0 Å². The summed E-state index contributed by atoms with van der Waals surface area (Å²) in [6.07, 6.45) is 1.27. The molecule has 1 rings (SSSR count). The Kier molecular flexibility index (Phi) is 3.76. The average molecular weight is 225 g/mol. The molecule has 1 aliphatic rings. The smallest absolute Gasteiger partial charge is 0.233 e. The van der Waals surface area contributed by atoms with E-state index in [1.165, 1.54) is 4.90 Å². The Morgan fingerprint density at radius 1 is 1.31 bits per heavy atom. The van der Waals surface area contributed by atoms with Crippen molar-refractivity contribution in [2.24, 2.45) is 17.3 Å². The first kappa shape index (κ1) is 13.2. The molecule has 3 heteroatoms. The third-order valence-electron chi connectivity index (χ3n) is 3.17. The maximum atomic E-state index is 12.0. The van der Waals surface area contributed by atoms with Crippen molar-refractivity contribution in [3.8, 4) is 0 Å². The lowest BCUT2D eigenvalue weighted by molar-refractivity contribution is -0.140. The minimum Gasteiger partial charge on any atom is -0.282 e. The number of carbonyl (C=O) groups excluding carboxylic acids is 2. The normalized spacial score (nSPS) is 22.4. The number of amides is 2.